The normalized spacial score (nSPS) is 34.1. The highest BCUT2D eigenvalue weighted by Gasteiger charge is 2.52. The molecule has 4 rings (SSSR count). The number of likely N-dealkylation sites (tertiary alicyclic amines) is 2. The summed E-state index contributed by atoms with van der Waals surface area (Å²) in [4.78, 5) is 53.3. The summed E-state index contributed by atoms with van der Waals surface area (Å²) in [7, 11) is 0. The number of ether oxygens (including phenoxy) is 2. The van der Waals surface area contributed by atoms with Crippen molar-refractivity contribution in [3.05, 3.63) is 12.2 Å². The standard InChI is InChI=1S/C28H42N2O6/c1-25(2)9-19-11-27(5,15-25)17-29(19)21(31)13-35-23(33)7-8-24(34)36-14-22(32)30-18-28(6)12-20(30)10-26(3,4)16-28/h7-8,19-20H,9-18H2,1-6H3/b8-7+/t19-,20-,27-,28-/m0/s1. The van der Waals surface area contributed by atoms with Crippen LogP contribution in [0.3, 0.4) is 0 Å². The van der Waals surface area contributed by atoms with Crippen molar-refractivity contribution in [1.82, 2.24) is 9.80 Å². The van der Waals surface area contributed by atoms with Crippen LogP contribution in [0.5, 0.6) is 0 Å². The van der Waals surface area contributed by atoms with E-state index in [2.05, 4.69) is 41.5 Å². The molecule has 0 spiro atoms. The van der Waals surface area contributed by atoms with Crippen LogP contribution in [0.4, 0.5) is 0 Å². The van der Waals surface area contributed by atoms with E-state index in [1.165, 1.54) is 0 Å². The van der Waals surface area contributed by atoms with E-state index in [4.69, 9.17) is 9.47 Å². The zero-order valence-corrected chi connectivity index (χ0v) is 22.7. The third-order valence-electron chi connectivity index (χ3n) is 8.50. The molecule has 2 aliphatic heterocycles. The van der Waals surface area contributed by atoms with Crippen LogP contribution in [-0.4, -0.2) is 71.9 Å². The maximum absolute atomic E-state index is 12.7. The number of carbonyl (C=O) groups excluding carboxylic acids is 4. The molecular formula is C28H42N2O6. The highest BCUT2D eigenvalue weighted by Crippen LogP contribution is 2.53. The molecule has 4 aliphatic rings. The van der Waals surface area contributed by atoms with Gasteiger partial charge in [0.1, 0.15) is 0 Å². The van der Waals surface area contributed by atoms with Crippen molar-refractivity contribution in [1.29, 1.82) is 0 Å². The smallest absolute Gasteiger partial charge is 0.331 e. The highest BCUT2D eigenvalue weighted by atomic mass is 16.5. The van der Waals surface area contributed by atoms with Crippen molar-refractivity contribution in [3.63, 3.8) is 0 Å². The molecule has 8 heteroatoms. The van der Waals surface area contributed by atoms with Gasteiger partial charge < -0.3 is 19.3 Å². The number of hydrogen-bond acceptors (Lipinski definition) is 6. The van der Waals surface area contributed by atoms with E-state index in [1.54, 1.807) is 0 Å². The Labute approximate surface area is 214 Å². The largest absolute Gasteiger partial charge is 0.452 e. The molecule has 0 aromatic rings. The summed E-state index contributed by atoms with van der Waals surface area (Å²) in [6.45, 7) is 14.0. The molecule has 2 saturated heterocycles. The Hall–Kier alpha value is -2.38. The number of rotatable bonds is 6. The van der Waals surface area contributed by atoms with E-state index in [0.717, 1.165) is 50.7 Å². The van der Waals surface area contributed by atoms with Gasteiger partial charge in [-0.15, -0.1) is 0 Å². The van der Waals surface area contributed by atoms with Crippen LogP contribution >= 0.6 is 0 Å². The Balaban J connectivity index is 1.19. The van der Waals surface area contributed by atoms with Crippen molar-refractivity contribution in [2.45, 2.75) is 92.2 Å². The quantitative estimate of drug-likeness (QED) is 0.408. The summed E-state index contributed by atoms with van der Waals surface area (Å²) in [6, 6.07) is 0.355. The van der Waals surface area contributed by atoms with Crippen LogP contribution in [0.25, 0.3) is 0 Å². The fraction of sp³-hybridized carbons (Fsp3) is 0.786. The predicted octanol–water partition coefficient (Wildman–Crippen LogP) is 3.48. The maximum Gasteiger partial charge on any atom is 0.331 e. The second-order valence-electron chi connectivity index (χ2n) is 14.0. The average molecular weight is 503 g/mol. The minimum Gasteiger partial charge on any atom is -0.452 e. The van der Waals surface area contributed by atoms with Gasteiger partial charge in [0.2, 0.25) is 0 Å². The lowest BCUT2D eigenvalue weighted by Gasteiger charge is -2.39. The Morgan fingerprint density at radius 3 is 1.39 bits per heavy atom. The van der Waals surface area contributed by atoms with Crippen molar-refractivity contribution in [2.24, 2.45) is 21.7 Å². The van der Waals surface area contributed by atoms with Gasteiger partial charge in [0.15, 0.2) is 13.2 Å². The molecule has 0 unspecified atom stereocenters. The molecule has 0 N–H and O–H groups in total. The van der Waals surface area contributed by atoms with E-state index in [1.807, 2.05) is 9.80 Å². The van der Waals surface area contributed by atoms with E-state index in [9.17, 15) is 19.2 Å². The maximum atomic E-state index is 12.7. The molecule has 2 aliphatic carbocycles. The van der Waals surface area contributed by atoms with Gasteiger partial charge in [-0.05, 0) is 60.2 Å². The summed E-state index contributed by atoms with van der Waals surface area (Å²) in [5.41, 5.74) is 0.593. The summed E-state index contributed by atoms with van der Waals surface area (Å²) >= 11 is 0. The van der Waals surface area contributed by atoms with Crippen LogP contribution in [0, 0.1) is 21.7 Å². The van der Waals surface area contributed by atoms with Crippen molar-refractivity contribution < 1.29 is 28.7 Å². The molecule has 200 valence electrons. The summed E-state index contributed by atoms with van der Waals surface area (Å²) in [6.07, 6.45) is 7.89. The summed E-state index contributed by atoms with van der Waals surface area (Å²) < 4.78 is 10.2. The number of nitrogens with zero attached hydrogens (tertiary/aromatic N) is 2. The van der Waals surface area contributed by atoms with Crippen LogP contribution in [0.1, 0.15) is 80.1 Å². The highest BCUT2D eigenvalue weighted by molar-refractivity contribution is 5.93. The number of amides is 2. The zero-order valence-electron chi connectivity index (χ0n) is 22.7. The molecule has 4 bridgehead atoms. The first-order valence-electron chi connectivity index (χ1n) is 13.2. The molecule has 2 amide bonds. The fourth-order valence-corrected chi connectivity index (χ4v) is 8.17. The third-order valence-corrected chi connectivity index (χ3v) is 8.50. The summed E-state index contributed by atoms with van der Waals surface area (Å²) in [5.74, 6) is -1.99. The molecule has 2 saturated carbocycles. The van der Waals surface area contributed by atoms with Crippen LogP contribution in [0.15, 0.2) is 12.2 Å². The minimum atomic E-state index is -0.788. The van der Waals surface area contributed by atoms with Gasteiger partial charge in [-0.3, -0.25) is 9.59 Å². The van der Waals surface area contributed by atoms with E-state index in [0.29, 0.717) is 13.1 Å². The molecule has 0 aromatic carbocycles. The second kappa shape index (κ2) is 9.18. The second-order valence-corrected chi connectivity index (χ2v) is 14.0. The van der Waals surface area contributed by atoms with Gasteiger partial charge >= 0.3 is 11.9 Å². The molecule has 4 fully saturated rings. The van der Waals surface area contributed by atoms with Crippen LogP contribution in [-0.2, 0) is 28.7 Å². The molecular weight excluding hydrogens is 460 g/mol. The Morgan fingerprint density at radius 1 is 0.667 bits per heavy atom. The molecule has 4 atom stereocenters. The monoisotopic (exact) mass is 502 g/mol. The Kier molecular flexibility index (Phi) is 6.80. The predicted molar refractivity (Wildman–Crippen MR) is 134 cm³/mol. The minimum absolute atomic E-state index is 0.106. The van der Waals surface area contributed by atoms with Gasteiger partial charge in [-0.25, -0.2) is 9.59 Å². The number of fused-ring (bicyclic) bond motifs is 4. The first kappa shape index (κ1) is 26.7. The van der Waals surface area contributed by atoms with Crippen molar-refractivity contribution >= 4 is 23.8 Å². The molecule has 36 heavy (non-hydrogen) atoms. The molecule has 0 radical (unpaired) electrons. The molecule has 8 nitrogen and oxygen atoms in total. The molecule has 0 aromatic heterocycles. The van der Waals surface area contributed by atoms with E-state index in [-0.39, 0.29) is 58.8 Å². The topological polar surface area (TPSA) is 93.2 Å². The number of carbonyl (C=O) groups is 4. The first-order valence-corrected chi connectivity index (χ1v) is 13.2. The van der Waals surface area contributed by atoms with Crippen LogP contribution < -0.4 is 0 Å². The Bertz CT molecular complexity index is 895. The fourth-order valence-electron chi connectivity index (χ4n) is 8.17. The van der Waals surface area contributed by atoms with Crippen molar-refractivity contribution in [2.75, 3.05) is 26.3 Å². The SMILES string of the molecule is CC1(C)C[C@H]2C[C@](C)(CN2C(=O)COC(=O)/C=C/C(=O)OCC(=O)N2C[C@@]3(C)C[C@@H]2CC(C)(C)C3)C1. The lowest BCUT2D eigenvalue weighted by Crippen LogP contribution is -2.39. The third kappa shape index (κ3) is 5.94. The average Bonchev–Trinajstić information content (AvgIpc) is 3.14. The first-order chi connectivity index (χ1) is 16.6. The number of esters is 2. The zero-order chi connectivity index (χ0) is 26.5. The lowest BCUT2D eigenvalue weighted by atomic mass is 9.65. The van der Waals surface area contributed by atoms with Crippen molar-refractivity contribution in [3.8, 4) is 0 Å². The van der Waals surface area contributed by atoms with Gasteiger partial charge in [-0.1, -0.05) is 41.5 Å². The van der Waals surface area contributed by atoms with Gasteiger partial charge in [0.25, 0.3) is 11.8 Å². The van der Waals surface area contributed by atoms with Gasteiger partial charge in [0.05, 0.1) is 0 Å². The van der Waals surface area contributed by atoms with Gasteiger partial charge in [-0.2, -0.15) is 0 Å². The van der Waals surface area contributed by atoms with E-state index < -0.39 is 11.9 Å². The Morgan fingerprint density at radius 2 is 1.03 bits per heavy atom. The molecule has 2 heterocycles. The lowest BCUT2D eigenvalue weighted by molar-refractivity contribution is -0.150. The van der Waals surface area contributed by atoms with Gasteiger partial charge in [0, 0.05) is 37.3 Å². The number of hydrogen-bond donors (Lipinski definition) is 0. The van der Waals surface area contributed by atoms with E-state index >= 15 is 0 Å². The van der Waals surface area contributed by atoms with Crippen LogP contribution in [0.2, 0.25) is 0 Å². The summed E-state index contributed by atoms with van der Waals surface area (Å²) in [5, 5.41) is 0.